The van der Waals surface area contributed by atoms with Gasteiger partial charge >= 0.3 is 6.09 Å². The van der Waals surface area contributed by atoms with Crippen molar-refractivity contribution in [2.45, 2.75) is 52.7 Å². The summed E-state index contributed by atoms with van der Waals surface area (Å²) in [5.74, 6) is 0.487. The number of nitrogens with two attached hydrogens (primary N) is 1. The van der Waals surface area contributed by atoms with Gasteiger partial charge in [0.05, 0.1) is 34.2 Å². The van der Waals surface area contributed by atoms with Crippen LogP contribution in [0.3, 0.4) is 0 Å². The van der Waals surface area contributed by atoms with E-state index in [1.54, 1.807) is 11.8 Å². The molecule has 3 N–H and O–H groups in total. The fourth-order valence-corrected chi connectivity index (χ4v) is 4.54. The number of nitriles is 1. The SMILES string of the molecule is Cc1nc(N)nc(NC(C)c2nc3ccn(C)c3cc2N2CCCN(C(=O)OC(C)(C)C)CC2)c1C#N. The number of hydrogen-bond acceptors (Lipinski definition) is 9. The number of pyridine rings is 1. The van der Waals surface area contributed by atoms with Crippen LogP contribution < -0.4 is 16.0 Å². The molecule has 37 heavy (non-hydrogen) atoms. The third-order valence-electron chi connectivity index (χ3n) is 6.35. The minimum absolute atomic E-state index is 0.104. The average Bonchev–Trinajstić information content (AvgIpc) is 3.01. The van der Waals surface area contributed by atoms with E-state index in [0.29, 0.717) is 36.7 Å². The van der Waals surface area contributed by atoms with E-state index in [1.165, 1.54) is 0 Å². The molecule has 0 aliphatic carbocycles. The quantitative estimate of drug-likeness (QED) is 0.543. The van der Waals surface area contributed by atoms with E-state index >= 15 is 0 Å². The van der Waals surface area contributed by atoms with E-state index in [4.69, 9.17) is 15.5 Å². The standard InChI is InChI=1S/C26H35N9O2/c1-16-18(15-27)23(32-24(28)30-16)29-17(2)22-21(14-20-19(31-22)8-11-33(20)6)34-9-7-10-35(13-12-34)25(36)37-26(3,4)5/h8,11,14,17H,7,9-10,12-13H2,1-6H3,(H3,28,29,30,32). The van der Waals surface area contributed by atoms with Gasteiger partial charge in [0.25, 0.3) is 0 Å². The largest absolute Gasteiger partial charge is 0.444 e. The maximum atomic E-state index is 12.7. The number of fused-ring (bicyclic) bond motifs is 1. The van der Waals surface area contributed by atoms with Gasteiger partial charge in [0, 0.05) is 39.4 Å². The summed E-state index contributed by atoms with van der Waals surface area (Å²) in [4.78, 5) is 30.1. The Morgan fingerprint density at radius 2 is 1.97 bits per heavy atom. The second-order valence-electron chi connectivity index (χ2n) is 10.4. The fraction of sp³-hybridized carbons (Fsp3) is 0.500. The number of rotatable bonds is 4. The van der Waals surface area contributed by atoms with Crippen molar-refractivity contribution in [1.29, 1.82) is 5.26 Å². The van der Waals surface area contributed by atoms with Gasteiger partial charge in [-0.05, 0) is 53.2 Å². The van der Waals surface area contributed by atoms with Crippen LogP contribution in [0, 0.1) is 18.3 Å². The first-order chi connectivity index (χ1) is 17.5. The van der Waals surface area contributed by atoms with Crippen molar-refractivity contribution in [2.24, 2.45) is 7.05 Å². The van der Waals surface area contributed by atoms with Crippen molar-refractivity contribution < 1.29 is 9.53 Å². The number of carbonyl (C=O) groups is 1. The number of amides is 1. The van der Waals surface area contributed by atoms with Crippen LogP contribution in [0.25, 0.3) is 11.0 Å². The fourth-order valence-electron chi connectivity index (χ4n) is 4.54. The second kappa shape index (κ2) is 10.1. The first-order valence-corrected chi connectivity index (χ1v) is 12.5. The van der Waals surface area contributed by atoms with Crippen LogP contribution in [0.5, 0.6) is 0 Å². The summed E-state index contributed by atoms with van der Waals surface area (Å²) in [5, 5.41) is 13.0. The number of nitrogen functional groups attached to an aromatic ring is 1. The Morgan fingerprint density at radius 3 is 2.68 bits per heavy atom. The van der Waals surface area contributed by atoms with Gasteiger partial charge in [0.15, 0.2) is 0 Å². The van der Waals surface area contributed by atoms with Crippen LogP contribution in [0.15, 0.2) is 18.3 Å². The maximum Gasteiger partial charge on any atom is 0.410 e. The van der Waals surface area contributed by atoms with Crippen molar-refractivity contribution in [3.63, 3.8) is 0 Å². The van der Waals surface area contributed by atoms with E-state index in [2.05, 4.69) is 32.3 Å². The summed E-state index contributed by atoms with van der Waals surface area (Å²) < 4.78 is 7.64. The Morgan fingerprint density at radius 1 is 1.22 bits per heavy atom. The lowest BCUT2D eigenvalue weighted by Crippen LogP contribution is -2.39. The average molecular weight is 506 g/mol. The van der Waals surface area contributed by atoms with Gasteiger partial charge in [0.2, 0.25) is 5.95 Å². The normalized spacial score (nSPS) is 15.3. The number of nitrogens with one attached hydrogen (secondary N) is 1. The lowest BCUT2D eigenvalue weighted by atomic mass is 10.1. The number of hydrogen-bond donors (Lipinski definition) is 2. The van der Waals surface area contributed by atoms with Crippen molar-refractivity contribution >= 4 is 34.6 Å². The molecule has 1 aliphatic heterocycles. The van der Waals surface area contributed by atoms with Gasteiger partial charge in [-0.1, -0.05) is 0 Å². The van der Waals surface area contributed by atoms with Gasteiger partial charge < -0.3 is 30.2 Å². The van der Waals surface area contributed by atoms with E-state index in [0.717, 1.165) is 35.4 Å². The highest BCUT2D eigenvalue weighted by atomic mass is 16.6. The van der Waals surface area contributed by atoms with E-state index < -0.39 is 5.60 Å². The predicted molar refractivity (Wildman–Crippen MR) is 143 cm³/mol. The molecule has 4 rings (SSSR count). The molecular weight excluding hydrogens is 470 g/mol. The highest BCUT2D eigenvalue weighted by molar-refractivity contribution is 5.81. The van der Waals surface area contributed by atoms with E-state index in [9.17, 15) is 10.1 Å². The van der Waals surface area contributed by atoms with Crippen molar-refractivity contribution in [3.05, 3.63) is 35.3 Å². The molecule has 1 atom stereocenters. The molecule has 0 radical (unpaired) electrons. The molecule has 1 amide bonds. The van der Waals surface area contributed by atoms with Crippen LogP contribution in [0.1, 0.15) is 57.1 Å². The van der Waals surface area contributed by atoms with Gasteiger partial charge in [-0.15, -0.1) is 0 Å². The van der Waals surface area contributed by atoms with Crippen molar-refractivity contribution in [2.75, 3.05) is 42.1 Å². The van der Waals surface area contributed by atoms with E-state index in [1.807, 2.05) is 51.6 Å². The Kier molecular flexibility index (Phi) is 7.12. The number of anilines is 3. The lowest BCUT2D eigenvalue weighted by molar-refractivity contribution is 0.0263. The highest BCUT2D eigenvalue weighted by Gasteiger charge is 2.27. The Bertz CT molecular complexity index is 1350. The zero-order valence-electron chi connectivity index (χ0n) is 22.4. The Balaban J connectivity index is 1.66. The van der Waals surface area contributed by atoms with Crippen LogP contribution in [-0.4, -0.2) is 62.3 Å². The molecule has 1 saturated heterocycles. The number of ether oxygens (including phenoxy) is 1. The van der Waals surface area contributed by atoms with Gasteiger partial charge in [-0.25, -0.2) is 14.8 Å². The van der Waals surface area contributed by atoms with Gasteiger partial charge in [-0.3, -0.25) is 0 Å². The van der Waals surface area contributed by atoms with Crippen molar-refractivity contribution in [1.82, 2.24) is 24.4 Å². The molecule has 11 heteroatoms. The molecule has 1 aliphatic rings. The summed E-state index contributed by atoms with van der Waals surface area (Å²) in [6.07, 6.45) is 2.49. The molecule has 4 heterocycles. The van der Waals surface area contributed by atoms with Gasteiger partial charge in [0.1, 0.15) is 23.1 Å². The Labute approximate surface area is 217 Å². The molecule has 3 aromatic rings. The van der Waals surface area contributed by atoms with Crippen LogP contribution in [0.4, 0.5) is 22.2 Å². The van der Waals surface area contributed by atoms with E-state index in [-0.39, 0.29) is 18.1 Å². The molecule has 0 aromatic carbocycles. The molecule has 3 aromatic heterocycles. The smallest absolute Gasteiger partial charge is 0.410 e. The summed E-state index contributed by atoms with van der Waals surface area (Å²) >= 11 is 0. The topological polar surface area (TPSA) is 138 Å². The first kappa shape index (κ1) is 26.0. The van der Waals surface area contributed by atoms with Crippen LogP contribution >= 0.6 is 0 Å². The third kappa shape index (κ3) is 5.69. The molecule has 1 fully saturated rings. The second-order valence-corrected chi connectivity index (χ2v) is 10.4. The summed E-state index contributed by atoms with van der Waals surface area (Å²) in [7, 11) is 1.99. The molecule has 1 unspecified atom stereocenters. The summed E-state index contributed by atoms with van der Waals surface area (Å²) in [6.45, 7) is 11.9. The predicted octanol–water partition coefficient (Wildman–Crippen LogP) is 3.75. The minimum Gasteiger partial charge on any atom is -0.444 e. The number of nitrogens with zero attached hydrogens (tertiary/aromatic N) is 7. The molecule has 0 saturated carbocycles. The summed E-state index contributed by atoms with van der Waals surface area (Å²) in [6, 6.07) is 6.01. The lowest BCUT2D eigenvalue weighted by Gasteiger charge is -2.29. The summed E-state index contributed by atoms with van der Waals surface area (Å²) in [5.41, 5.74) is 9.89. The minimum atomic E-state index is -0.538. The highest BCUT2D eigenvalue weighted by Crippen LogP contribution is 2.32. The van der Waals surface area contributed by atoms with Crippen LogP contribution in [0.2, 0.25) is 0 Å². The molecule has 0 bridgehead atoms. The molecule has 11 nitrogen and oxygen atoms in total. The number of aryl methyl sites for hydroxylation is 2. The maximum absolute atomic E-state index is 12.7. The van der Waals surface area contributed by atoms with Crippen molar-refractivity contribution in [3.8, 4) is 6.07 Å². The zero-order chi connectivity index (χ0) is 26.9. The first-order valence-electron chi connectivity index (χ1n) is 12.5. The van der Waals surface area contributed by atoms with Crippen LogP contribution in [-0.2, 0) is 11.8 Å². The van der Waals surface area contributed by atoms with Gasteiger partial charge in [-0.2, -0.15) is 10.2 Å². The molecule has 196 valence electrons. The Hall–Kier alpha value is -4.07. The molecule has 0 spiro atoms. The zero-order valence-corrected chi connectivity index (χ0v) is 22.4. The number of aromatic nitrogens is 4. The third-order valence-corrected chi connectivity index (χ3v) is 6.35. The monoisotopic (exact) mass is 505 g/mol. The number of carbonyl (C=O) groups excluding carboxylic acids is 1. The molecular formula is C26H35N9O2.